The number of morpholine rings is 1. The Kier molecular flexibility index (Phi) is 7.69. The molecule has 2 aromatic rings. The molecule has 1 saturated heterocycles. The van der Waals surface area contributed by atoms with Crippen LogP contribution in [-0.4, -0.2) is 52.9 Å². The Labute approximate surface area is 192 Å². The number of halogens is 2. The summed E-state index contributed by atoms with van der Waals surface area (Å²) in [6.07, 6.45) is 1.03. The lowest BCUT2D eigenvalue weighted by Crippen LogP contribution is -2.47. The highest BCUT2D eigenvalue weighted by molar-refractivity contribution is 7.92. The Morgan fingerprint density at radius 1 is 1.16 bits per heavy atom. The Morgan fingerprint density at radius 2 is 1.81 bits per heavy atom. The van der Waals surface area contributed by atoms with Gasteiger partial charge < -0.3 is 15.0 Å². The zero-order chi connectivity index (χ0) is 22.6. The minimum Gasteiger partial charge on any atom is -0.378 e. The van der Waals surface area contributed by atoms with Crippen LogP contribution in [0.4, 0.5) is 11.4 Å². The zero-order valence-electron chi connectivity index (χ0n) is 17.3. The Morgan fingerprint density at radius 3 is 2.42 bits per heavy atom. The number of hydrogen-bond donors (Lipinski definition) is 1. The number of sulfonamides is 1. The first-order valence-corrected chi connectivity index (χ1v) is 12.4. The van der Waals surface area contributed by atoms with E-state index in [1.54, 1.807) is 6.07 Å². The second-order valence-corrected chi connectivity index (χ2v) is 10.0. The summed E-state index contributed by atoms with van der Waals surface area (Å²) in [6.45, 7) is 4.90. The van der Waals surface area contributed by atoms with Crippen molar-refractivity contribution in [1.82, 2.24) is 5.32 Å². The standard InChI is InChI=1S/C21H25Cl2N3O4S/c1-15(26(31(2,28)29)20-13-17(22)5-8-19(20)23)21(27)24-14-16-3-6-18(7-4-16)25-9-11-30-12-10-25/h3-8,13,15H,9-12,14H2,1-2H3,(H,24,27)/t15-/m0/s1. The smallest absolute Gasteiger partial charge is 0.243 e. The number of carbonyl (C=O) groups is 1. The van der Waals surface area contributed by atoms with Crippen LogP contribution in [0.2, 0.25) is 10.0 Å². The molecule has 3 rings (SSSR count). The van der Waals surface area contributed by atoms with Gasteiger partial charge in [-0.05, 0) is 42.8 Å². The molecule has 10 heteroatoms. The van der Waals surface area contributed by atoms with Gasteiger partial charge in [-0.15, -0.1) is 0 Å². The second-order valence-electron chi connectivity index (χ2n) is 7.31. The third-order valence-electron chi connectivity index (χ3n) is 5.01. The van der Waals surface area contributed by atoms with Crippen molar-refractivity contribution >= 4 is 50.5 Å². The van der Waals surface area contributed by atoms with Gasteiger partial charge in [0.25, 0.3) is 0 Å². The van der Waals surface area contributed by atoms with E-state index in [0.29, 0.717) is 18.2 Å². The number of nitrogens with one attached hydrogen (secondary N) is 1. The third kappa shape index (κ3) is 6.04. The molecule has 168 valence electrons. The van der Waals surface area contributed by atoms with Crippen LogP contribution in [-0.2, 0) is 26.1 Å². The van der Waals surface area contributed by atoms with Crippen molar-refractivity contribution in [1.29, 1.82) is 0 Å². The van der Waals surface area contributed by atoms with E-state index < -0.39 is 22.0 Å². The fourth-order valence-electron chi connectivity index (χ4n) is 3.42. The molecule has 1 aliphatic heterocycles. The molecule has 1 aliphatic rings. The highest BCUT2D eigenvalue weighted by atomic mass is 35.5. The predicted molar refractivity (Wildman–Crippen MR) is 125 cm³/mol. The zero-order valence-corrected chi connectivity index (χ0v) is 19.7. The van der Waals surface area contributed by atoms with Crippen molar-refractivity contribution in [2.75, 3.05) is 41.8 Å². The normalized spacial score (nSPS) is 15.4. The molecular formula is C21H25Cl2N3O4S. The summed E-state index contributed by atoms with van der Waals surface area (Å²) in [5, 5.41) is 3.31. The largest absolute Gasteiger partial charge is 0.378 e. The van der Waals surface area contributed by atoms with Gasteiger partial charge in [-0.3, -0.25) is 9.10 Å². The van der Waals surface area contributed by atoms with Gasteiger partial charge in [0, 0.05) is 30.3 Å². The summed E-state index contributed by atoms with van der Waals surface area (Å²) in [5.74, 6) is -0.446. The molecule has 0 unspecified atom stereocenters. The van der Waals surface area contributed by atoms with Gasteiger partial charge >= 0.3 is 0 Å². The Bertz CT molecular complexity index is 1030. The molecule has 1 N–H and O–H groups in total. The van der Waals surface area contributed by atoms with E-state index in [1.165, 1.54) is 19.1 Å². The Hall–Kier alpha value is -2.00. The second kappa shape index (κ2) is 10.1. The molecule has 7 nitrogen and oxygen atoms in total. The number of hydrogen-bond acceptors (Lipinski definition) is 5. The third-order valence-corrected chi connectivity index (χ3v) is 6.80. The van der Waals surface area contributed by atoms with Crippen LogP contribution in [0.5, 0.6) is 0 Å². The molecule has 0 spiro atoms. The lowest BCUT2D eigenvalue weighted by Gasteiger charge is -2.29. The quantitative estimate of drug-likeness (QED) is 0.650. The highest BCUT2D eigenvalue weighted by Crippen LogP contribution is 2.32. The van der Waals surface area contributed by atoms with E-state index in [1.807, 2.05) is 24.3 Å². The van der Waals surface area contributed by atoms with E-state index in [2.05, 4.69) is 10.2 Å². The lowest BCUT2D eigenvalue weighted by molar-refractivity contribution is -0.122. The van der Waals surface area contributed by atoms with Crippen LogP contribution in [0.15, 0.2) is 42.5 Å². The number of anilines is 2. The number of nitrogens with zero attached hydrogens (tertiary/aromatic N) is 2. The number of carbonyl (C=O) groups excluding carboxylic acids is 1. The van der Waals surface area contributed by atoms with Gasteiger partial charge in [-0.2, -0.15) is 0 Å². The molecule has 2 aromatic carbocycles. The van der Waals surface area contributed by atoms with Crippen molar-refractivity contribution in [3.8, 4) is 0 Å². The van der Waals surface area contributed by atoms with Gasteiger partial charge in [0.1, 0.15) is 6.04 Å². The first kappa shape index (κ1) is 23.7. The fourth-order valence-corrected chi connectivity index (χ4v) is 5.02. The van der Waals surface area contributed by atoms with E-state index in [-0.39, 0.29) is 17.3 Å². The number of ether oxygens (including phenoxy) is 1. The van der Waals surface area contributed by atoms with Crippen molar-refractivity contribution in [3.05, 3.63) is 58.1 Å². The van der Waals surface area contributed by atoms with E-state index in [9.17, 15) is 13.2 Å². The minimum absolute atomic E-state index is 0.161. The average Bonchev–Trinajstić information content (AvgIpc) is 2.74. The topological polar surface area (TPSA) is 79.0 Å². The summed E-state index contributed by atoms with van der Waals surface area (Å²) in [4.78, 5) is 15.0. The van der Waals surface area contributed by atoms with Crippen LogP contribution in [0.1, 0.15) is 12.5 Å². The first-order valence-electron chi connectivity index (χ1n) is 9.80. The van der Waals surface area contributed by atoms with Gasteiger partial charge in [-0.1, -0.05) is 35.3 Å². The molecule has 1 atom stereocenters. The molecule has 1 heterocycles. The van der Waals surface area contributed by atoms with Gasteiger partial charge in [0.15, 0.2) is 0 Å². The molecule has 0 saturated carbocycles. The summed E-state index contributed by atoms with van der Waals surface area (Å²) in [5.41, 5.74) is 2.17. The minimum atomic E-state index is -3.79. The van der Waals surface area contributed by atoms with Crippen LogP contribution >= 0.6 is 23.2 Å². The monoisotopic (exact) mass is 485 g/mol. The summed E-state index contributed by atoms with van der Waals surface area (Å²) in [6, 6.07) is 11.4. The summed E-state index contributed by atoms with van der Waals surface area (Å²) < 4.78 is 31.2. The molecule has 0 radical (unpaired) electrons. The Balaban J connectivity index is 1.69. The molecule has 1 amide bonds. The lowest BCUT2D eigenvalue weighted by atomic mass is 10.1. The van der Waals surface area contributed by atoms with Crippen molar-refractivity contribution < 1.29 is 17.9 Å². The van der Waals surface area contributed by atoms with Crippen LogP contribution in [0.25, 0.3) is 0 Å². The molecule has 0 aliphatic carbocycles. The van der Waals surface area contributed by atoms with Crippen LogP contribution in [0.3, 0.4) is 0 Å². The van der Waals surface area contributed by atoms with Crippen molar-refractivity contribution in [2.24, 2.45) is 0 Å². The number of amides is 1. The van der Waals surface area contributed by atoms with Crippen LogP contribution in [0, 0.1) is 0 Å². The van der Waals surface area contributed by atoms with E-state index >= 15 is 0 Å². The van der Waals surface area contributed by atoms with Crippen LogP contribution < -0.4 is 14.5 Å². The first-order chi connectivity index (χ1) is 14.7. The summed E-state index contributed by atoms with van der Waals surface area (Å²) in [7, 11) is -3.79. The maximum atomic E-state index is 12.8. The van der Waals surface area contributed by atoms with Gasteiger partial charge in [0.05, 0.1) is 30.2 Å². The molecular weight excluding hydrogens is 461 g/mol. The summed E-state index contributed by atoms with van der Waals surface area (Å²) >= 11 is 12.2. The molecule has 31 heavy (non-hydrogen) atoms. The van der Waals surface area contributed by atoms with Gasteiger partial charge in [0.2, 0.25) is 15.9 Å². The fraction of sp³-hybridized carbons (Fsp3) is 0.381. The van der Waals surface area contributed by atoms with Crippen molar-refractivity contribution in [2.45, 2.75) is 19.5 Å². The number of benzene rings is 2. The van der Waals surface area contributed by atoms with Gasteiger partial charge in [-0.25, -0.2) is 8.42 Å². The molecule has 0 bridgehead atoms. The van der Waals surface area contributed by atoms with E-state index in [4.69, 9.17) is 27.9 Å². The maximum absolute atomic E-state index is 12.8. The van der Waals surface area contributed by atoms with E-state index in [0.717, 1.165) is 34.9 Å². The maximum Gasteiger partial charge on any atom is 0.243 e. The average molecular weight is 486 g/mol. The molecule has 1 fully saturated rings. The predicted octanol–water partition coefficient (Wildman–Crippen LogP) is 3.30. The van der Waals surface area contributed by atoms with Crippen molar-refractivity contribution in [3.63, 3.8) is 0 Å². The molecule has 0 aromatic heterocycles. The highest BCUT2D eigenvalue weighted by Gasteiger charge is 2.30. The SMILES string of the molecule is C[C@@H](C(=O)NCc1ccc(N2CCOCC2)cc1)N(c1cc(Cl)ccc1Cl)S(C)(=O)=O. The number of rotatable bonds is 7.